The minimum Gasteiger partial charge on any atom is -0.396 e. The van der Waals surface area contributed by atoms with Crippen LogP contribution in [0.4, 0.5) is 0 Å². The third-order valence-electron chi connectivity index (χ3n) is 2.41. The van der Waals surface area contributed by atoms with E-state index in [1.165, 1.54) is 17.0 Å². The molecule has 0 aliphatic heterocycles. The summed E-state index contributed by atoms with van der Waals surface area (Å²) in [6, 6.07) is 1.61. The van der Waals surface area contributed by atoms with Gasteiger partial charge >= 0.3 is 5.69 Å². The highest BCUT2D eigenvalue weighted by Crippen LogP contribution is 1.94. The van der Waals surface area contributed by atoms with E-state index in [2.05, 4.69) is 4.98 Å². The molecule has 1 aromatic heterocycles. The lowest BCUT2D eigenvalue weighted by atomic mass is 10.3. The lowest BCUT2D eigenvalue weighted by molar-refractivity contribution is -0.131. The van der Waals surface area contributed by atoms with Crippen LogP contribution in [0, 0.1) is 0 Å². The van der Waals surface area contributed by atoms with Crippen molar-refractivity contribution in [2.75, 3.05) is 19.7 Å². The second kappa shape index (κ2) is 6.80. The van der Waals surface area contributed by atoms with Gasteiger partial charge < -0.3 is 10.0 Å². The fourth-order valence-corrected chi connectivity index (χ4v) is 1.47. The molecule has 0 bridgehead atoms. The smallest absolute Gasteiger partial charge is 0.347 e. The van der Waals surface area contributed by atoms with Crippen molar-refractivity contribution in [3.63, 3.8) is 0 Å². The molecule has 6 heteroatoms. The zero-order valence-corrected chi connectivity index (χ0v) is 9.87. The molecule has 94 valence electrons. The van der Waals surface area contributed by atoms with Gasteiger partial charge in [-0.2, -0.15) is 0 Å². The predicted octanol–water partition coefficient (Wildman–Crippen LogP) is -0.526. The number of amides is 1. The van der Waals surface area contributed by atoms with Gasteiger partial charge in [0.1, 0.15) is 6.54 Å². The first kappa shape index (κ1) is 13.4. The van der Waals surface area contributed by atoms with Crippen molar-refractivity contribution in [3.05, 3.63) is 28.9 Å². The van der Waals surface area contributed by atoms with Crippen LogP contribution in [0.1, 0.15) is 13.3 Å². The van der Waals surface area contributed by atoms with Crippen LogP contribution in [0.3, 0.4) is 0 Å². The first-order chi connectivity index (χ1) is 8.19. The van der Waals surface area contributed by atoms with Crippen LogP contribution in [0.5, 0.6) is 0 Å². The fraction of sp³-hybridized carbons (Fsp3) is 0.545. The number of hydrogen-bond acceptors (Lipinski definition) is 4. The number of nitrogens with zero attached hydrogens (tertiary/aromatic N) is 3. The highest BCUT2D eigenvalue weighted by molar-refractivity contribution is 5.75. The molecule has 1 amide bonds. The molecule has 0 spiro atoms. The molecular formula is C11H17N3O3. The predicted molar refractivity (Wildman–Crippen MR) is 62.5 cm³/mol. The minimum absolute atomic E-state index is 0.00799. The lowest BCUT2D eigenvalue weighted by Crippen LogP contribution is -2.37. The molecule has 1 aromatic rings. The van der Waals surface area contributed by atoms with Crippen LogP contribution in [-0.2, 0) is 11.3 Å². The maximum atomic E-state index is 11.9. The summed E-state index contributed by atoms with van der Waals surface area (Å²) in [5.41, 5.74) is -0.431. The Morgan fingerprint density at radius 3 is 2.94 bits per heavy atom. The van der Waals surface area contributed by atoms with Crippen molar-refractivity contribution in [3.8, 4) is 0 Å². The van der Waals surface area contributed by atoms with Gasteiger partial charge in [0, 0.05) is 32.1 Å². The van der Waals surface area contributed by atoms with E-state index >= 15 is 0 Å². The maximum Gasteiger partial charge on any atom is 0.347 e. The van der Waals surface area contributed by atoms with E-state index in [4.69, 9.17) is 5.11 Å². The topological polar surface area (TPSA) is 75.4 Å². The third kappa shape index (κ3) is 3.99. The Hall–Kier alpha value is -1.69. The van der Waals surface area contributed by atoms with Crippen molar-refractivity contribution in [1.82, 2.24) is 14.5 Å². The molecule has 1 heterocycles. The zero-order valence-electron chi connectivity index (χ0n) is 9.87. The standard InChI is InChI=1S/C11H17N3O3/c1-2-13(7-4-8-15)10(16)9-14-6-3-5-12-11(14)17/h3,5-6,15H,2,4,7-9H2,1H3. The second-order valence-electron chi connectivity index (χ2n) is 3.58. The number of aliphatic hydroxyl groups is 1. The molecule has 0 saturated heterocycles. The van der Waals surface area contributed by atoms with Crippen LogP contribution in [0.25, 0.3) is 0 Å². The Labute approximate surface area is 99.5 Å². The van der Waals surface area contributed by atoms with Crippen LogP contribution < -0.4 is 5.69 Å². The van der Waals surface area contributed by atoms with Gasteiger partial charge in [-0.15, -0.1) is 0 Å². The van der Waals surface area contributed by atoms with Crippen LogP contribution in [0.15, 0.2) is 23.3 Å². The SMILES string of the molecule is CCN(CCCO)C(=O)Cn1cccnc1=O. The Morgan fingerprint density at radius 1 is 1.59 bits per heavy atom. The summed E-state index contributed by atoms with van der Waals surface area (Å²) in [5.74, 6) is -0.143. The fourth-order valence-electron chi connectivity index (χ4n) is 1.47. The number of carbonyl (C=O) groups excluding carboxylic acids is 1. The van der Waals surface area contributed by atoms with Crippen molar-refractivity contribution in [1.29, 1.82) is 0 Å². The molecule has 0 radical (unpaired) electrons. The molecule has 6 nitrogen and oxygen atoms in total. The summed E-state index contributed by atoms with van der Waals surface area (Å²) in [5, 5.41) is 8.72. The van der Waals surface area contributed by atoms with Gasteiger partial charge in [0.25, 0.3) is 0 Å². The quantitative estimate of drug-likeness (QED) is 0.724. The number of aromatic nitrogens is 2. The van der Waals surface area contributed by atoms with Gasteiger partial charge in [0.15, 0.2) is 0 Å². The normalized spacial score (nSPS) is 10.2. The van der Waals surface area contributed by atoms with E-state index in [9.17, 15) is 9.59 Å². The van der Waals surface area contributed by atoms with Crippen LogP contribution >= 0.6 is 0 Å². The lowest BCUT2D eigenvalue weighted by Gasteiger charge is -2.20. The molecule has 17 heavy (non-hydrogen) atoms. The Bertz CT molecular complexity index is 416. The summed E-state index contributed by atoms with van der Waals surface area (Å²) < 4.78 is 1.27. The number of carbonyl (C=O) groups is 1. The summed E-state index contributed by atoms with van der Waals surface area (Å²) in [6.07, 6.45) is 3.47. The van der Waals surface area contributed by atoms with E-state index in [-0.39, 0.29) is 19.1 Å². The molecule has 0 fully saturated rings. The van der Waals surface area contributed by atoms with Gasteiger partial charge in [-0.25, -0.2) is 9.78 Å². The molecule has 1 N–H and O–H groups in total. The molecule has 0 unspecified atom stereocenters. The summed E-state index contributed by atoms with van der Waals surface area (Å²) in [7, 11) is 0. The van der Waals surface area contributed by atoms with Crippen molar-refractivity contribution in [2.24, 2.45) is 0 Å². The average molecular weight is 239 g/mol. The molecule has 0 aliphatic carbocycles. The number of hydrogen-bond donors (Lipinski definition) is 1. The molecule has 0 saturated carbocycles. The molecule has 0 aromatic carbocycles. The number of likely N-dealkylation sites (N-methyl/N-ethyl adjacent to an activating group) is 1. The Morgan fingerprint density at radius 2 is 2.35 bits per heavy atom. The van der Waals surface area contributed by atoms with Crippen molar-refractivity contribution < 1.29 is 9.90 Å². The van der Waals surface area contributed by atoms with Gasteiger partial charge in [0.2, 0.25) is 5.91 Å². The summed E-state index contributed by atoms with van der Waals surface area (Å²) >= 11 is 0. The Kier molecular flexibility index (Phi) is 5.35. The van der Waals surface area contributed by atoms with Crippen LogP contribution in [-0.4, -0.2) is 45.2 Å². The average Bonchev–Trinajstić information content (AvgIpc) is 2.33. The van der Waals surface area contributed by atoms with E-state index in [1.54, 1.807) is 11.0 Å². The number of rotatable bonds is 6. The van der Waals surface area contributed by atoms with E-state index in [0.29, 0.717) is 19.5 Å². The highest BCUT2D eigenvalue weighted by atomic mass is 16.3. The van der Waals surface area contributed by atoms with E-state index in [1.807, 2.05) is 6.92 Å². The van der Waals surface area contributed by atoms with Gasteiger partial charge in [-0.05, 0) is 19.4 Å². The maximum absolute atomic E-state index is 11.9. The van der Waals surface area contributed by atoms with Gasteiger partial charge in [-0.3, -0.25) is 9.36 Å². The van der Waals surface area contributed by atoms with Gasteiger partial charge in [0.05, 0.1) is 0 Å². The highest BCUT2D eigenvalue weighted by Gasteiger charge is 2.12. The molecule has 0 atom stereocenters. The van der Waals surface area contributed by atoms with Crippen molar-refractivity contribution in [2.45, 2.75) is 19.9 Å². The first-order valence-corrected chi connectivity index (χ1v) is 5.59. The summed E-state index contributed by atoms with van der Waals surface area (Å²) in [6.45, 7) is 2.97. The van der Waals surface area contributed by atoms with Crippen molar-refractivity contribution >= 4 is 5.91 Å². The second-order valence-corrected chi connectivity index (χ2v) is 3.58. The largest absolute Gasteiger partial charge is 0.396 e. The minimum atomic E-state index is -0.431. The molecular weight excluding hydrogens is 222 g/mol. The third-order valence-corrected chi connectivity index (χ3v) is 2.41. The number of aliphatic hydroxyl groups excluding tert-OH is 1. The first-order valence-electron chi connectivity index (χ1n) is 5.59. The summed E-state index contributed by atoms with van der Waals surface area (Å²) in [4.78, 5) is 28.4. The zero-order chi connectivity index (χ0) is 12.7. The van der Waals surface area contributed by atoms with E-state index < -0.39 is 5.69 Å². The molecule has 1 rings (SSSR count). The van der Waals surface area contributed by atoms with Crippen LogP contribution in [0.2, 0.25) is 0 Å². The molecule has 0 aliphatic rings. The Balaban J connectivity index is 2.64. The van der Waals surface area contributed by atoms with Gasteiger partial charge in [-0.1, -0.05) is 0 Å². The monoisotopic (exact) mass is 239 g/mol. The van der Waals surface area contributed by atoms with E-state index in [0.717, 1.165) is 0 Å².